The van der Waals surface area contributed by atoms with Crippen molar-refractivity contribution in [3.8, 4) is 34.5 Å². The van der Waals surface area contributed by atoms with E-state index >= 15 is 0 Å². The van der Waals surface area contributed by atoms with Crippen LogP contribution in [0.4, 0.5) is 0 Å². The number of allylic oxidation sites excluding steroid dienone is 1. The number of fused-ring (bicyclic) bond motifs is 2. The Labute approximate surface area is 282 Å². The molecule has 0 radical (unpaired) electrons. The van der Waals surface area contributed by atoms with Gasteiger partial charge in [0, 0.05) is 4.47 Å². The zero-order valence-electron chi connectivity index (χ0n) is 26.2. The number of carbonyl (C=O) groups is 1. The topological polar surface area (TPSA) is 116 Å². The molecule has 11 nitrogen and oxygen atoms in total. The monoisotopic (exact) mass is 722 g/mol. The fourth-order valence-electron chi connectivity index (χ4n) is 5.40. The molecule has 47 heavy (non-hydrogen) atoms. The summed E-state index contributed by atoms with van der Waals surface area (Å²) < 4.78 is 41.5. The standard InChI is InChI=1S/C34H31BrN2O9S/c1-6-43-33(39)30-18(2)36-34-37(31(30)21-14-26(41-4)27(42-5)15-22(21)35)32(38)29(47-34)13-19-7-9-23(25(11-19)40-3)44-16-20-8-10-24-28(12-20)46-17-45-24/h7-15,31H,6,16-17H2,1-5H3/b29-13-/t31-/m1/s1. The van der Waals surface area contributed by atoms with Crippen LogP contribution in [-0.2, 0) is 16.1 Å². The number of benzene rings is 3. The Bertz CT molecular complexity index is 2090. The molecule has 0 fully saturated rings. The molecule has 0 unspecified atom stereocenters. The Morgan fingerprint density at radius 1 is 1.00 bits per heavy atom. The van der Waals surface area contributed by atoms with Crippen LogP contribution in [0.3, 0.4) is 0 Å². The van der Waals surface area contributed by atoms with Crippen LogP contribution in [0.2, 0.25) is 0 Å². The van der Waals surface area contributed by atoms with E-state index in [1.807, 2.05) is 24.3 Å². The lowest BCUT2D eigenvalue weighted by molar-refractivity contribution is -0.139. The Morgan fingerprint density at radius 2 is 1.72 bits per heavy atom. The third kappa shape index (κ3) is 6.20. The predicted molar refractivity (Wildman–Crippen MR) is 178 cm³/mol. The summed E-state index contributed by atoms with van der Waals surface area (Å²) in [4.78, 5) is 32.6. The second-order valence-electron chi connectivity index (χ2n) is 10.4. The van der Waals surface area contributed by atoms with E-state index in [2.05, 4.69) is 20.9 Å². The summed E-state index contributed by atoms with van der Waals surface area (Å²) in [5, 5.41) is 0. The first kappa shape index (κ1) is 32.2. The fraction of sp³-hybridized carbons (Fsp3) is 0.265. The number of hydrogen-bond donors (Lipinski definition) is 0. The van der Waals surface area contributed by atoms with E-state index in [9.17, 15) is 9.59 Å². The van der Waals surface area contributed by atoms with Crippen molar-refractivity contribution in [2.75, 3.05) is 34.7 Å². The molecule has 13 heteroatoms. The van der Waals surface area contributed by atoms with Gasteiger partial charge in [0.1, 0.15) is 6.61 Å². The number of esters is 1. The summed E-state index contributed by atoms with van der Waals surface area (Å²) in [6, 6.07) is 13.7. The van der Waals surface area contributed by atoms with Gasteiger partial charge in [-0.3, -0.25) is 9.36 Å². The summed E-state index contributed by atoms with van der Waals surface area (Å²) in [5.41, 5.74) is 2.62. The largest absolute Gasteiger partial charge is 0.493 e. The molecule has 0 N–H and O–H groups in total. The van der Waals surface area contributed by atoms with E-state index in [1.165, 1.54) is 30.1 Å². The van der Waals surface area contributed by atoms with E-state index < -0.39 is 12.0 Å². The number of aromatic nitrogens is 1. The Kier molecular flexibility index (Phi) is 9.28. The second-order valence-corrected chi connectivity index (χ2v) is 12.3. The van der Waals surface area contributed by atoms with Crippen molar-refractivity contribution in [3.05, 3.63) is 101 Å². The van der Waals surface area contributed by atoms with Gasteiger partial charge in [-0.05, 0) is 73.0 Å². The van der Waals surface area contributed by atoms with Gasteiger partial charge >= 0.3 is 5.97 Å². The van der Waals surface area contributed by atoms with E-state index in [1.54, 1.807) is 51.3 Å². The lowest BCUT2D eigenvalue weighted by Gasteiger charge is -2.26. The molecule has 0 spiro atoms. The fourth-order valence-corrected chi connectivity index (χ4v) is 6.99. The van der Waals surface area contributed by atoms with Gasteiger partial charge < -0.3 is 33.2 Å². The van der Waals surface area contributed by atoms with Gasteiger partial charge in [-0.2, -0.15) is 0 Å². The molecule has 6 rings (SSSR count). The summed E-state index contributed by atoms with van der Waals surface area (Å²) in [7, 11) is 4.62. The minimum atomic E-state index is -0.844. The Balaban J connectivity index is 1.39. The minimum absolute atomic E-state index is 0.165. The zero-order chi connectivity index (χ0) is 33.2. The van der Waals surface area contributed by atoms with Crippen molar-refractivity contribution < 1.29 is 38.0 Å². The van der Waals surface area contributed by atoms with Crippen molar-refractivity contribution in [2.45, 2.75) is 26.5 Å². The van der Waals surface area contributed by atoms with E-state index in [0.717, 1.165) is 5.56 Å². The molecule has 3 heterocycles. The number of carbonyl (C=O) groups excluding carboxylic acids is 1. The van der Waals surface area contributed by atoms with Crippen molar-refractivity contribution >= 4 is 39.3 Å². The van der Waals surface area contributed by atoms with Crippen LogP contribution in [0.1, 0.15) is 36.6 Å². The third-order valence-corrected chi connectivity index (χ3v) is 9.30. The molecule has 1 atom stereocenters. The minimum Gasteiger partial charge on any atom is -0.493 e. The molecule has 2 aliphatic rings. The highest BCUT2D eigenvalue weighted by Gasteiger charge is 2.35. The van der Waals surface area contributed by atoms with Crippen LogP contribution in [0.15, 0.2) is 74.1 Å². The lowest BCUT2D eigenvalue weighted by Crippen LogP contribution is -2.40. The second kappa shape index (κ2) is 13.5. The first-order valence-electron chi connectivity index (χ1n) is 14.6. The maximum Gasteiger partial charge on any atom is 0.338 e. The summed E-state index contributed by atoms with van der Waals surface area (Å²) in [6.45, 7) is 4.12. The van der Waals surface area contributed by atoms with Gasteiger partial charge in [0.15, 0.2) is 39.3 Å². The SMILES string of the molecule is CCOC(=O)C1=C(C)N=c2s/c(=C\c3ccc(OCc4ccc5c(c4)OCO5)c(OC)c3)c(=O)n2[C@@H]1c1cc(OC)c(OC)cc1Br. The quantitative estimate of drug-likeness (QED) is 0.211. The molecule has 4 aromatic rings. The highest BCUT2D eigenvalue weighted by molar-refractivity contribution is 9.10. The van der Waals surface area contributed by atoms with Crippen LogP contribution >= 0.6 is 27.3 Å². The average Bonchev–Trinajstić information content (AvgIpc) is 3.66. The third-order valence-electron chi connectivity index (χ3n) is 7.63. The normalized spacial score (nSPS) is 15.2. The number of nitrogens with zero attached hydrogens (tertiary/aromatic N) is 2. The molecule has 2 aliphatic heterocycles. The van der Waals surface area contributed by atoms with Gasteiger partial charge in [0.05, 0.1) is 49.8 Å². The predicted octanol–water partition coefficient (Wildman–Crippen LogP) is 4.89. The van der Waals surface area contributed by atoms with Crippen LogP contribution in [0.5, 0.6) is 34.5 Å². The van der Waals surface area contributed by atoms with Crippen molar-refractivity contribution in [1.29, 1.82) is 0 Å². The lowest BCUT2D eigenvalue weighted by atomic mass is 9.95. The number of rotatable bonds is 10. The summed E-state index contributed by atoms with van der Waals surface area (Å²) in [6.07, 6.45) is 1.76. The van der Waals surface area contributed by atoms with Crippen LogP contribution in [0.25, 0.3) is 6.08 Å². The Hall–Kier alpha value is -4.75. The molecule has 3 aromatic carbocycles. The maximum atomic E-state index is 14.1. The highest BCUT2D eigenvalue weighted by Crippen LogP contribution is 2.41. The number of halogens is 1. The van der Waals surface area contributed by atoms with Gasteiger partial charge in [-0.25, -0.2) is 9.79 Å². The van der Waals surface area contributed by atoms with Crippen molar-refractivity contribution in [2.24, 2.45) is 4.99 Å². The first-order valence-corrected chi connectivity index (χ1v) is 16.2. The molecule has 0 saturated heterocycles. The number of thiazole rings is 1. The van der Waals surface area contributed by atoms with Crippen LogP contribution < -0.4 is 43.3 Å². The average molecular weight is 724 g/mol. The van der Waals surface area contributed by atoms with E-state index in [-0.39, 0.29) is 24.5 Å². The van der Waals surface area contributed by atoms with Gasteiger partial charge in [-0.1, -0.05) is 39.4 Å². The number of hydrogen-bond acceptors (Lipinski definition) is 11. The Morgan fingerprint density at radius 3 is 2.47 bits per heavy atom. The molecular formula is C34H31BrN2O9S. The first-order chi connectivity index (χ1) is 22.8. The van der Waals surface area contributed by atoms with E-state index in [0.29, 0.717) is 71.7 Å². The van der Waals surface area contributed by atoms with Gasteiger partial charge in [0.2, 0.25) is 6.79 Å². The smallest absolute Gasteiger partial charge is 0.338 e. The number of ether oxygens (including phenoxy) is 7. The number of methoxy groups -OCH3 is 3. The van der Waals surface area contributed by atoms with Gasteiger partial charge in [-0.15, -0.1) is 0 Å². The zero-order valence-corrected chi connectivity index (χ0v) is 28.7. The summed E-state index contributed by atoms with van der Waals surface area (Å²) in [5.74, 6) is 2.80. The molecule has 0 bridgehead atoms. The van der Waals surface area contributed by atoms with Crippen molar-refractivity contribution in [3.63, 3.8) is 0 Å². The van der Waals surface area contributed by atoms with Gasteiger partial charge in [0.25, 0.3) is 5.56 Å². The molecular weight excluding hydrogens is 692 g/mol. The molecule has 0 aliphatic carbocycles. The molecule has 0 saturated carbocycles. The van der Waals surface area contributed by atoms with Crippen LogP contribution in [-0.4, -0.2) is 45.3 Å². The van der Waals surface area contributed by atoms with Crippen molar-refractivity contribution in [1.82, 2.24) is 4.57 Å². The molecule has 0 amide bonds. The summed E-state index contributed by atoms with van der Waals surface area (Å²) >= 11 is 4.85. The maximum absolute atomic E-state index is 14.1. The molecule has 244 valence electrons. The van der Waals surface area contributed by atoms with Crippen LogP contribution in [0, 0.1) is 0 Å². The molecule has 1 aromatic heterocycles. The van der Waals surface area contributed by atoms with E-state index in [4.69, 9.17) is 33.2 Å². The highest BCUT2D eigenvalue weighted by atomic mass is 79.9.